The molecule has 0 spiro atoms. The number of carbonyl (C=O) groups excluding carboxylic acids is 8. The summed E-state index contributed by atoms with van der Waals surface area (Å²) in [7, 11) is 0. The largest absolute Gasteiger partial charge is 0.386 e. The lowest BCUT2D eigenvalue weighted by Gasteiger charge is -2.29. The fraction of sp³-hybridized carbons (Fsp3) is 0.242. The Bertz CT molecular complexity index is 7950. The van der Waals surface area contributed by atoms with Crippen molar-refractivity contribution in [1.29, 1.82) is 0 Å². The molecular formula is C132H120N4O12. The highest BCUT2D eigenvalue weighted by atomic mass is 16.6. The van der Waals surface area contributed by atoms with Crippen molar-refractivity contribution in [3.05, 3.63) is 380 Å². The molecule has 0 saturated carbocycles. The zero-order chi connectivity index (χ0) is 105. The molecule has 0 radical (unpaired) electrons. The molecule has 6 heterocycles. The van der Waals surface area contributed by atoms with Gasteiger partial charge in [-0.2, -0.15) is 0 Å². The van der Waals surface area contributed by atoms with Crippen LogP contribution in [0.4, 0.5) is 34.1 Å². The third kappa shape index (κ3) is 17.0. The first-order valence-corrected chi connectivity index (χ1v) is 50.8. The predicted octanol–water partition coefficient (Wildman–Crippen LogP) is 33.1. The quantitative estimate of drug-likeness (QED) is 0.0638. The van der Waals surface area contributed by atoms with Gasteiger partial charge in [0, 0.05) is 88.6 Å². The second-order valence-electron chi connectivity index (χ2n) is 48.2. The van der Waals surface area contributed by atoms with Gasteiger partial charge in [0.25, 0.3) is 0 Å². The fourth-order valence-electron chi connectivity index (χ4n) is 21.4. The standard InChI is InChI=1S/C66H58N2O6.C66H62N2O6/c1-63(2,3)37-17-25-51-45(29-37)46-30-38(64(4,5)6)18-26-52(46)67(51)41-21-13-35(14-22-41)43-33-49-56-55-50(60(70)73-61(71)57(43)55)34-44(58(56)62(72)74-59(49)69)36-15-23-42(24-16-36)68-53-27-19-39(65(7,8)9)31-47(53)48-32-40(66(10,11)12)20-28-54(48)68;1-63(2,3)41-17-29-47(30-18-41)67(48-31-19-42(20-32-48)64(4,5)6)45-25-13-39(14-26-45)51-37-53-56-55-54(60(70)73-61(71)57(51)55)38-52(58(56)62(72)74-59(53)69)40-15-27-46(28-16-40)68(49-33-21-43(22-34-49)65(7,8)9)50-35-23-44(24-36-50)66(10,11)12/h13-34H,1-12H3;13-38H,1-12H3. The Balaban J connectivity index is 0.000000173. The second-order valence-corrected chi connectivity index (χ2v) is 48.2. The maximum atomic E-state index is 14.1. The maximum absolute atomic E-state index is 14.1. The van der Waals surface area contributed by atoms with Gasteiger partial charge in [0.2, 0.25) is 0 Å². The first-order chi connectivity index (χ1) is 69.7. The number of aromatic nitrogens is 2. The molecule has 0 N–H and O–H groups in total. The summed E-state index contributed by atoms with van der Waals surface area (Å²) >= 11 is 0. The smallest absolute Gasteiger partial charge is 0.347 e. The van der Waals surface area contributed by atoms with Gasteiger partial charge in [-0.05, 0) is 302 Å². The van der Waals surface area contributed by atoms with E-state index in [1.807, 2.05) is 97.1 Å². The van der Waals surface area contributed by atoms with E-state index in [9.17, 15) is 38.4 Å². The Morgan fingerprint density at radius 2 is 0.338 bits per heavy atom. The highest BCUT2D eigenvalue weighted by molar-refractivity contribution is 6.35. The molecule has 4 aliphatic heterocycles. The van der Waals surface area contributed by atoms with Crippen molar-refractivity contribution in [3.8, 4) is 55.9 Å². The summed E-state index contributed by atoms with van der Waals surface area (Å²) in [5.41, 5.74) is 25.8. The molecule has 0 fully saturated rings. The number of carbonyl (C=O) groups is 8. The topological polar surface area (TPSA) is 190 Å². The molecule has 22 rings (SSSR count). The molecule has 16 aromatic carbocycles. The molecular weight excluding hydrogens is 1830 g/mol. The van der Waals surface area contributed by atoms with E-state index in [0.29, 0.717) is 44.5 Å². The predicted molar refractivity (Wildman–Crippen MR) is 596 cm³/mol. The van der Waals surface area contributed by atoms with E-state index >= 15 is 0 Å². The molecule has 0 unspecified atom stereocenters. The number of hydrogen-bond acceptors (Lipinski definition) is 14. The number of esters is 8. The molecule has 0 aliphatic carbocycles. The fourth-order valence-corrected chi connectivity index (χ4v) is 21.4. The Kier molecular flexibility index (Phi) is 23.0. The molecule has 16 nitrogen and oxygen atoms in total. The summed E-state index contributed by atoms with van der Waals surface area (Å²) < 4.78 is 26.5. The summed E-state index contributed by atoms with van der Waals surface area (Å²) in [4.78, 5) is 116. The van der Waals surface area contributed by atoms with Gasteiger partial charge in [0.1, 0.15) is 0 Å². The van der Waals surface area contributed by atoms with E-state index in [4.69, 9.17) is 18.9 Å². The molecule has 16 heteroatoms. The molecule has 0 saturated heterocycles. The summed E-state index contributed by atoms with van der Waals surface area (Å²) in [6.07, 6.45) is 0. The monoisotopic (exact) mass is 1950 g/mol. The van der Waals surface area contributed by atoms with Gasteiger partial charge in [-0.1, -0.05) is 287 Å². The molecule has 0 atom stereocenters. The summed E-state index contributed by atoms with van der Waals surface area (Å²) in [6.45, 7) is 53.0. The van der Waals surface area contributed by atoms with Crippen molar-refractivity contribution >= 4 is 147 Å². The molecule has 2 aromatic heterocycles. The van der Waals surface area contributed by atoms with E-state index in [-0.39, 0.29) is 109 Å². The van der Waals surface area contributed by atoms with E-state index in [1.165, 1.54) is 44.5 Å². The Labute approximate surface area is 863 Å². The lowest BCUT2D eigenvalue weighted by atomic mass is 9.81. The number of fused-ring (bicyclic) bond motifs is 6. The van der Waals surface area contributed by atoms with Crippen molar-refractivity contribution < 1.29 is 57.3 Å². The number of anilines is 6. The van der Waals surface area contributed by atoms with Crippen LogP contribution in [0.3, 0.4) is 0 Å². The number of nitrogens with zero attached hydrogens (tertiary/aromatic N) is 4. The summed E-state index contributed by atoms with van der Waals surface area (Å²) in [5.74, 6) is -6.91. The van der Waals surface area contributed by atoms with Gasteiger partial charge >= 0.3 is 47.8 Å². The average molecular weight is 1950 g/mol. The van der Waals surface area contributed by atoms with Gasteiger partial charge in [-0.3, -0.25) is 0 Å². The summed E-state index contributed by atoms with van der Waals surface area (Å²) in [5, 5.41) is 5.41. The minimum absolute atomic E-state index is 0.0269. The van der Waals surface area contributed by atoms with Crippen LogP contribution in [-0.4, -0.2) is 56.9 Å². The minimum Gasteiger partial charge on any atom is -0.386 e. The zero-order valence-corrected chi connectivity index (χ0v) is 88.4. The van der Waals surface area contributed by atoms with Crippen molar-refractivity contribution in [1.82, 2.24) is 9.13 Å². The zero-order valence-electron chi connectivity index (χ0n) is 88.4. The minimum atomic E-state index is -0.869. The third-order valence-corrected chi connectivity index (χ3v) is 30.0. The average Bonchev–Trinajstić information content (AvgIpc) is 1.35. The van der Waals surface area contributed by atoms with Crippen molar-refractivity contribution in [2.24, 2.45) is 0 Å². The molecule has 0 amide bonds. The van der Waals surface area contributed by atoms with Gasteiger partial charge in [0.15, 0.2) is 0 Å². The van der Waals surface area contributed by atoms with Gasteiger partial charge in [-0.25, -0.2) is 38.4 Å². The Hall–Kier alpha value is -16.2. The molecule has 18 aromatic rings. The Morgan fingerprint density at radius 3 is 0.514 bits per heavy atom. The van der Waals surface area contributed by atoms with E-state index in [1.54, 1.807) is 24.3 Å². The molecule has 4 aliphatic rings. The number of benzene rings is 16. The third-order valence-electron chi connectivity index (χ3n) is 30.0. The van der Waals surface area contributed by atoms with Crippen LogP contribution >= 0.6 is 0 Å². The van der Waals surface area contributed by atoms with Crippen LogP contribution in [0.2, 0.25) is 0 Å². The van der Waals surface area contributed by atoms with Crippen LogP contribution in [0, 0.1) is 0 Å². The first-order valence-electron chi connectivity index (χ1n) is 50.8. The van der Waals surface area contributed by atoms with E-state index in [2.05, 4.69) is 355 Å². The van der Waals surface area contributed by atoms with Gasteiger partial charge < -0.3 is 37.9 Å². The number of cyclic esters (lactones) is 8. The maximum Gasteiger partial charge on any atom is 0.347 e. The van der Waals surface area contributed by atoms with Crippen LogP contribution < -0.4 is 9.80 Å². The normalized spacial score (nSPS) is 14.0. The lowest BCUT2D eigenvalue weighted by Crippen LogP contribution is -2.26. The van der Waals surface area contributed by atoms with Crippen LogP contribution in [0.25, 0.3) is 121 Å². The SMILES string of the molecule is CC(C)(C)c1ccc(N(c2ccc(-c3cc4c5c(c(-c6ccc(N(c7ccc(C(C)(C)C)cc7)c7ccc(C(C)(C)C)cc7)cc6)cc6c5c3C(=O)OC6=O)C(=O)OC4=O)cc2)c2ccc(C(C)(C)C)cc2)cc1.CC(C)(C)c1ccc2c(c1)c1cc(C(C)(C)C)ccc1n2-c1ccc(-c2cc3c4c(c(-c5ccc(-n6c7ccc(C(C)(C)C)cc7c7cc(C(C)(C)C)ccc76)cc5)cc5c4c2C(=O)OC5=O)C(=O)OC3=O)cc1. The van der Waals surface area contributed by atoms with E-state index in [0.717, 1.165) is 89.1 Å². The van der Waals surface area contributed by atoms with E-state index < -0.39 is 47.8 Å². The highest BCUT2D eigenvalue weighted by Gasteiger charge is 2.44. The van der Waals surface area contributed by atoms with Crippen LogP contribution in [0.5, 0.6) is 0 Å². The number of rotatable bonds is 12. The number of ether oxygens (including phenoxy) is 4. The van der Waals surface area contributed by atoms with Crippen molar-refractivity contribution in [2.45, 2.75) is 209 Å². The lowest BCUT2D eigenvalue weighted by molar-refractivity contribution is 0.0366. The molecule has 148 heavy (non-hydrogen) atoms. The van der Waals surface area contributed by atoms with Crippen molar-refractivity contribution in [3.63, 3.8) is 0 Å². The number of hydrogen-bond donors (Lipinski definition) is 0. The molecule has 740 valence electrons. The second kappa shape index (κ2) is 34.8. The van der Waals surface area contributed by atoms with Crippen LogP contribution in [0.15, 0.2) is 291 Å². The van der Waals surface area contributed by atoms with Crippen LogP contribution in [0.1, 0.15) is 294 Å². The highest BCUT2D eigenvalue weighted by Crippen LogP contribution is 2.52. The molecule has 0 bridgehead atoms. The van der Waals surface area contributed by atoms with Gasteiger partial charge in [0.05, 0.1) is 66.6 Å². The van der Waals surface area contributed by atoms with Crippen LogP contribution in [-0.2, 0) is 62.3 Å². The van der Waals surface area contributed by atoms with Gasteiger partial charge in [-0.15, -0.1) is 0 Å². The Morgan fingerprint density at radius 1 is 0.176 bits per heavy atom. The summed E-state index contributed by atoms with van der Waals surface area (Å²) in [6, 6.07) is 98.5. The first kappa shape index (κ1) is 97.9. The van der Waals surface area contributed by atoms with Crippen molar-refractivity contribution in [2.75, 3.05) is 9.80 Å².